The molecule has 4 N–H and O–H groups in total. The van der Waals surface area contributed by atoms with E-state index < -0.39 is 0 Å². The minimum absolute atomic E-state index is 0.00682. The molecule has 0 aliphatic heterocycles. The van der Waals surface area contributed by atoms with Gasteiger partial charge in [-0.2, -0.15) is 0 Å². The Labute approximate surface area is 172 Å². The lowest BCUT2D eigenvalue weighted by Gasteiger charge is -2.26. The fourth-order valence-electron chi connectivity index (χ4n) is 5.01. The van der Waals surface area contributed by atoms with Crippen LogP contribution in [-0.2, 0) is 0 Å². The number of rotatable bonds is 5. The maximum absolute atomic E-state index is 13.1. The molecule has 156 valence electrons. The first-order chi connectivity index (χ1) is 14.2. The number of imidazole rings is 1. The highest BCUT2D eigenvalue weighted by molar-refractivity contribution is 6.00. The van der Waals surface area contributed by atoms with Crippen LogP contribution in [0.5, 0.6) is 0 Å². The first kappa shape index (κ1) is 18.9. The Balaban J connectivity index is 1.42. The summed E-state index contributed by atoms with van der Waals surface area (Å²) in [6.07, 6.45) is 14.7. The van der Waals surface area contributed by atoms with Crippen molar-refractivity contribution in [2.75, 3.05) is 5.32 Å². The number of nitrogens with two attached hydrogens (primary N) is 1. The van der Waals surface area contributed by atoms with Gasteiger partial charge in [-0.15, -0.1) is 0 Å². The van der Waals surface area contributed by atoms with Crippen LogP contribution in [0.15, 0.2) is 18.3 Å². The van der Waals surface area contributed by atoms with E-state index in [4.69, 9.17) is 10.7 Å². The van der Waals surface area contributed by atoms with Crippen molar-refractivity contribution in [3.8, 4) is 0 Å². The molecule has 0 aromatic carbocycles. The van der Waals surface area contributed by atoms with Gasteiger partial charge in [-0.1, -0.05) is 19.3 Å². The molecule has 0 bridgehead atoms. The monoisotopic (exact) mass is 395 g/mol. The SMILES string of the molecule is NC1CCC(NC(=O)c2cccn3c(NC4CCCCC4)c(C4CC4)nc23)CC1. The zero-order chi connectivity index (χ0) is 19.8. The molecule has 6 heteroatoms. The molecular weight excluding hydrogens is 362 g/mol. The molecule has 0 atom stereocenters. The number of fused-ring (bicyclic) bond motifs is 1. The summed E-state index contributed by atoms with van der Waals surface area (Å²) < 4.78 is 2.12. The van der Waals surface area contributed by atoms with Gasteiger partial charge in [0, 0.05) is 30.2 Å². The van der Waals surface area contributed by atoms with Gasteiger partial charge in [0.2, 0.25) is 0 Å². The van der Waals surface area contributed by atoms with Crippen LogP contribution < -0.4 is 16.4 Å². The van der Waals surface area contributed by atoms with Crippen LogP contribution >= 0.6 is 0 Å². The molecule has 0 spiro atoms. The Morgan fingerprint density at radius 2 is 1.76 bits per heavy atom. The van der Waals surface area contributed by atoms with Gasteiger partial charge in [-0.25, -0.2) is 4.98 Å². The van der Waals surface area contributed by atoms with E-state index in [-0.39, 0.29) is 18.0 Å². The van der Waals surface area contributed by atoms with Crippen molar-refractivity contribution in [3.63, 3.8) is 0 Å². The van der Waals surface area contributed by atoms with Crippen LogP contribution in [0.4, 0.5) is 5.82 Å². The molecule has 0 saturated heterocycles. The van der Waals surface area contributed by atoms with Crippen molar-refractivity contribution < 1.29 is 4.79 Å². The number of nitrogens with one attached hydrogen (secondary N) is 2. The molecule has 0 unspecified atom stereocenters. The zero-order valence-electron chi connectivity index (χ0n) is 17.2. The van der Waals surface area contributed by atoms with Crippen LogP contribution in [0.3, 0.4) is 0 Å². The summed E-state index contributed by atoms with van der Waals surface area (Å²) in [5.41, 5.74) is 8.63. The first-order valence-corrected chi connectivity index (χ1v) is 11.5. The van der Waals surface area contributed by atoms with E-state index in [0.29, 0.717) is 17.5 Å². The van der Waals surface area contributed by atoms with Gasteiger partial charge in [0.05, 0.1) is 11.3 Å². The van der Waals surface area contributed by atoms with Gasteiger partial charge in [0.1, 0.15) is 5.82 Å². The third kappa shape index (κ3) is 4.00. The third-order valence-corrected chi connectivity index (χ3v) is 6.94. The van der Waals surface area contributed by atoms with Crippen LogP contribution in [0, 0.1) is 0 Å². The topological polar surface area (TPSA) is 84.5 Å². The van der Waals surface area contributed by atoms with Gasteiger partial charge >= 0.3 is 0 Å². The fourth-order valence-corrected chi connectivity index (χ4v) is 5.01. The summed E-state index contributed by atoms with van der Waals surface area (Å²) >= 11 is 0. The summed E-state index contributed by atoms with van der Waals surface area (Å²) in [6.45, 7) is 0. The van der Waals surface area contributed by atoms with Gasteiger partial charge in [-0.05, 0) is 63.5 Å². The predicted molar refractivity (Wildman–Crippen MR) is 115 cm³/mol. The number of aromatic nitrogens is 2. The average molecular weight is 396 g/mol. The lowest BCUT2D eigenvalue weighted by Crippen LogP contribution is -2.40. The summed E-state index contributed by atoms with van der Waals surface area (Å²) in [7, 11) is 0. The Bertz CT molecular complexity index is 873. The van der Waals surface area contributed by atoms with E-state index in [9.17, 15) is 4.79 Å². The van der Waals surface area contributed by atoms with E-state index in [2.05, 4.69) is 21.2 Å². The van der Waals surface area contributed by atoms with E-state index in [0.717, 1.165) is 42.8 Å². The molecule has 1 amide bonds. The quantitative estimate of drug-likeness (QED) is 0.715. The minimum Gasteiger partial charge on any atom is -0.367 e. The third-order valence-electron chi connectivity index (χ3n) is 6.94. The Kier molecular flexibility index (Phi) is 5.20. The Hall–Kier alpha value is -2.08. The van der Waals surface area contributed by atoms with Crippen molar-refractivity contribution >= 4 is 17.4 Å². The first-order valence-electron chi connectivity index (χ1n) is 11.5. The smallest absolute Gasteiger partial charge is 0.255 e. The molecule has 6 nitrogen and oxygen atoms in total. The summed E-state index contributed by atoms with van der Waals surface area (Å²) in [5, 5.41) is 7.04. The van der Waals surface area contributed by atoms with Crippen LogP contribution in [0.25, 0.3) is 5.65 Å². The van der Waals surface area contributed by atoms with Crippen molar-refractivity contribution in [1.29, 1.82) is 0 Å². The number of carbonyl (C=O) groups is 1. The lowest BCUT2D eigenvalue weighted by atomic mass is 9.91. The fraction of sp³-hybridized carbons (Fsp3) is 0.652. The molecule has 3 saturated carbocycles. The zero-order valence-corrected chi connectivity index (χ0v) is 17.2. The molecule has 2 aromatic rings. The molecule has 2 heterocycles. The van der Waals surface area contributed by atoms with E-state index >= 15 is 0 Å². The average Bonchev–Trinajstić information content (AvgIpc) is 3.52. The molecule has 3 aliphatic rings. The van der Waals surface area contributed by atoms with Crippen molar-refractivity contribution in [3.05, 3.63) is 29.6 Å². The van der Waals surface area contributed by atoms with Crippen molar-refractivity contribution in [2.24, 2.45) is 5.73 Å². The van der Waals surface area contributed by atoms with Gasteiger partial charge < -0.3 is 16.4 Å². The maximum Gasteiger partial charge on any atom is 0.255 e. The van der Waals surface area contributed by atoms with E-state index in [1.807, 2.05) is 12.1 Å². The predicted octanol–water partition coefficient (Wildman–Crippen LogP) is 3.96. The minimum atomic E-state index is -0.00682. The number of carbonyl (C=O) groups excluding carboxylic acids is 1. The highest BCUT2D eigenvalue weighted by Crippen LogP contribution is 2.44. The Morgan fingerprint density at radius 3 is 2.48 bits per heavy atom. The number of anilines is 1. The molecule has 5 rings (SSSR count). The summed E-state index contributed by atoms with van der Waals surface area (Å²) in [5.74, 6) is 1.65. The molecule has 3 aliphatic carbocycles. The second kappa shape index (κ2) is 7.98. The number of amides is 1. The molecule has 29 heavy (non-hydrogen) atoms. The number of pyridine rings is 1. The van der Waals surface area contributed by atoms with Crippen molar-refractivity contribution in [2.45, 2.75) is 94.7 Å². The second-order valence-electron chi connectivity index (χ2n) is 9.30. The highest BCUT2D eigenvalue weighted by atomic mass is 16.1. The van der Waals surface area contributed by atoms with Crippen LogP contribution in [0.1, 0.15) is 92.6 Å². The van der Waals surface area contributed by atoms with E-state index in [1.54, 1.807) is 0 Å². The molecule has 0 radical (unpaired) electrons. The van der Waals surface area contributed by atoms with Gasteiger partial charge in [-0.3, -0.25) is 9.20 Å². The second-order valence-corrected chi connectivity index (χ2v) is 9.30. The van der Waals surface area contributed by atoms with Crippen LogP contribution in [-0.4, -0.2) is 33.4 Å². The molecule has 3 fully saturated rings. The highest BCUT2D eigenvalue weighted by Gasteiger charge is 2.32. The Morgan fingerprint density at radius 1 is 1.00 bits per heavy atom. The summed E-state index contributed by atoms with van der Waals surface area (Å²) in [4.78, 5) is 18.1. The maximum atomic E-state index is 13.1. The largest absolute Gasteiger partial charge is 0.367 e. The summed E-state index contributed by atoms with van der Waals surface area (Å²) in [6, 6.07) is 4.91. The van der Waals surface area contributed by atoms with E-state index in [1.165, 1.54) is 44.9 Å². The van der Waals surface area contributed by atoms with Gasteiger partial charge in [0.15, 0.2) is 5.65 Å². The number of nitrogens with zero attached hydrogens (tertiary/aromatic N) is 2. The van der Waals surface area contributed by atoms with Crippen LogP contribution in [0.2, 0.25) is 0 Å². The lowest BCUT2D eigenvalue weighted by molar-refractivity contribution is 0.0927. The normalized spacial score (nSPS) is 25.8. The standard InChI is InChI=1S/C23H33N5O/c24-16-10-12-18(13-11-16)26-23(29)19-7-4-14-28-21(19)27-20(15-8-9-15)22(28)25-17-5-2-1-3-6-17/h4,7,14-18,25H,1-3,5-6,8-13,24H2,(H,26,29). The molecule has 2 aromatic heterocycles. The number of hydrogen-bond donors (Lipinski definition) is 3. The molecular formula is C23H33N5O. The van der Waals surface area contributed by atoms with Crippen molar-refractivity contribution in [1.82, 2.24) is 14.7 Å². The number of hydrogen-bond acceptors (Lipinski definition) is 4. The van der Waals surface area contributed by atoms with Gasteiger partial charge in [0.25, 0.3) is 5.91 Å².